The highest BCUT2D eigenvalue weighted by Gasteiger charge is 2.16. The second-order valence-electron chi connectivity index (χ2n) is 7.35. The highest BCUT2D eigenvalue weighted by molar-refractivity contribution is 6.05. The third kappa shape index (κ3) is 4.08. The first-order chi connectivity index (χ1) is 12.6. The van der Waals surface area contributed by atoms with Crippen molar-refractivity contribution in [2.75, 3.05) is 5.32 Å². The minimum Gasteiger partial charge on any atom is -0.408 e. The van der Waals surface area contributed by atoms with Gasteiger partial charge >= 0.3 is 5.76 Å². The second kappa shape index (κ2) is 6.75. The summed E-state index contributed by atoms with van der Waals surface area (Å²) in [6.07, 6.45) is 0. The lowest BCUT2D eigenvalue weighted by atomic mass is 10.1. The predicted octanol–water partition coefficient (Wildman–Crippen LogP) is 2.91. The quantitative estimate of drug-likeness (QED) is 0.744. The van der Waals surface area contributed by atoms with Gasteiger partial charge in [0.2, 0.25) is 0 Å². The van der Waals surface area contributed by atoms with Gasteiger partial charge in [-0.1, -0.05) is 0 Å². The first-order valence-corrected chi connectivity index (χ1v) is 8.47. The molecular formula is C20H21N3O4. The Kier molecular flexibility index (Phi) is 4.61. The van der Waals surface area contributed by atoms with Crippen LogP contribution in [-0.2, 0) is 7.05 Å². The van der Waals surface area contributed by atoms with E-state index in [4.69, 9.17) is 4.42 Å². The van der Waals surface area contributed by atoms with Crippen molar-refractivity contribution in [3.8, 4) is 0 Å². The number of aromatic nitrogens is 1. The van der Waals surface area contributed by atoms with Gasteiger partial charge in [-0.3, -0.25) is 14.2 Å². The average molecular weight is 367 g/mol. The van der Waals surface area contributed by atoms with Crippen LogP contribution in [0.4, 0.5) is 5.69 Å². The zero-order valence-electron chi connectivity index (χ0n) is 15.6. The fourth-order valence-corrected chi connectivity index (χ4v) is 2.60. The molecule has 2 aromatic carbocycles. The summed E-state index contributed by atoms with van der Waals surface area (Å²) in [5.74, 6) is -0.980. The summed E-state index contributed by atoms with van der Waals surface area (Å²) < 4.78 is 6.51. The molecule has 0 unspecified atom stereocenters. The summed E-state index contributed by atoms with van der Waals surface area (Å²) in [6, 6.07) is 11.4. The molecule has 0 aliphatic rings. The first kappa shape index (κ1) is 18.4. The topological polar surface area (TPSA) is 93.3 Å². The van der Waals surface area contributed by atoms with Crippen LogP contribution in [0.1, 0.15) is 41.5 Å². The monoisotopic (exact) mass is 367 g/mol. The third-order valence-corrected chi connectivity index (χ3v) is 3.95. The van der Waals surface area contributed by atoms with Gasteiger partial charge < -0.3 is 15.1 Å². The molecule has 3 rings (SSSR count). The molecule has 0 aliphatic heterocycles. The molecule has 3 aromatic rings. The smallest absolute Gasteiger partial charge is 0.408 e. The third-order valence-electron chi connectivity index (χ3n) is 3.95. The molecule has 2 N–H and O–H groups in total. The van der Waals surface area contributed by atoms with Crippen molar-refractivity contribution in [3.63, 3.8) is 0 Å². The molecule has 1 aromatic heterocycles. The molecule has 0 atom stereocenters. The average Bonchev–Trinajstić information content (AvgIpc) is 2.87. The maximum Gasteiger partial charge on any atom is 0.419 e. The van der Waals surface area contributed by atoms with Gasteiger partial charge in [0.15, 0.2) is 5.58 Å². The molecule has 7 nitrogen and oxygen atoms in total. The molecule has 2 amide bonds. The summed E-state index contributed by atoms with van der Waals surface area (Å²) in [6.45, 7) is 5.70. The lowest BCUT2D eigenvalue weighted by Gasteiger charge is -2.20. The lowest BCUT2D eigenvalue weighted by Crippen LogP contribution is -2.40. The molecule has 140 valence electrons. The number of carbonyl (C=O) groups excluding carboxylic acids is 2. The van der Waals surface area contributed by atoms with Crippen LogP contribution in [0.15, 0.2) is 51.7 Å². The van der Waals surface area contributed by atoms with Crippen molar-refractivity contribution in [1.82, 2.24) is 9.88 Å². The number of hydrogen-bond acceptors (Lipinski definition) is 4. The van der Waals surface area contributed by atoms with Gasteiger partial charge in [-0.2, -0.15) is 0 Å². The summed E-state index contributed by atoms with van der Waals surface area (Å²) in [5.41, 5.74) is 2.11. The zero-order valence-corrected chi connectivity index (χ0v) is 15.6. The van der Waals surface area contributed by atoms with Gasteiger partial charge in [0.05, 0.1) is 5.52 Å². The standard InChI is InChI=1S/C20H21N3O4/c1-20(2,3)22-18(25)13-7-5-12(6-8-13)17(24)21-14-9-10-15-16(11-14)27-19(26)23(15)4/h5-11H,1-4H3,(H,21,24)(H,22,25). The van der Waals surface area contributed by atoms with E-state index in [1.165, 1.54) is 4.57 Å². The molecule has 7 heteroatoms. The van der Waals surface area contributed by atoms with Gasteiger partial charge in [-0.15, -0.1) is 0 Å². The van der Waals surface area contributed by atoms with Crippen molar-refractivity contribution in [3.05, 3.63) is 64.1 Å². The van der Waals surface area contributed by atoms with Crippen LogP contribution in [0.2, 0.25) is 0 Å². The summed E-state index contributed by atoms with van der Waals surface area (Å²) in [4.78, 5) is 36.1. The Morgan fingerprint density at radius 1 is 0.963 bits per heavy atom. The van der Waals surface area contributed by atoms with Crippen LogP contribution >= 0.6 is 0 Å². The van der Waals surface area contributed by atoms with Crippen molar-refractivity contribution >= 4 is 28.6 Å². The molecule has 1 heterocycles. The van der Waals surface area contributed by atoms with Gasteiger partial charge in [-0.05, 0) is 57.2 Å². The largest absolute Gasteiger partial charge is 0.419 e. The summed E-state index contributed by atoms with van der Waals surface area (Å²) >= 11 is 0. The van der Waals surface area contributed by atoms with E-state index in [2.05, 4.69) is 10.6 Å². The lowest BCUT2D eigenvalue weighted by molar-refractivity contribution is 0.0918. The molecular weight excluding hydrogens is 346 g/mol. The fourth-order valence-electron chi connectivity index (χ4n) is 2.60. The van der Waals surface area contributed by atoms with Gasteiger partial charge in [0.1, 0.15) is 0 Å². The van der Waals surface area contributed by atoms with Gasteiger partial charge in [-0.25, -0.2) is 4.79 Å². The van der Waals surface area contributed by atoms with Crippen molar-refractivity contribution in [2.24, 2.45) is 7.05 Å². The number of rotatable bonds is 3. The molecule has 27 heavy (non-hydrogen) atoms. The Bertz CT molecular complexity index is 1070. The molecule has 0 fully saturated rings. The number of amides is 2. The van der Waals surface area contributed by atoms with E-state index in [0.29, 0.717) is 27.9 Å². The Labute approximate surface area is 156 Å². The Hall–Kier alpha value is -3.35. The molecule has 0 aliphatic carbocycles. The van der Waals surface area contributed by atoms with Crippen LogP contribution < -0.4 is 16.4 Å². The Morgan fingerprint density at radius 3 is 2.15 bits per heavy atom. The number of carbonyl (C=O) groups is 2. The number of hydrogen-bond donors (Lipinski definition) is 2. The fraction of sp³-hybridized carbons (Fsp3) is 0.250. The van der Waals surface area contributed by atoms with Gasteiger partial charge in [0.25, 0.3) is 11.8 Å². The van der Waals surface area contributed by atoms with E-state index in [-0.39, 0.29) is 17.4 Å². The van der Waals surface area contributed by atoms with E-state index < -0.39 is 5.76 Å². The predicted molar refractivity (Wildman–Crippen MR) is 103 cm³/mol. The number of benzene rings is 2. The number of anilines is 1. The highest BCUT2D eigenvalue weighted by Crippen LogP contribution is 2.18. The number of nitrogens with one attached hydrogen (secondary N) is 2. The Morgan fingerprint density at radius 2 is 1.56 bits per heavy atom. The number of oxazole rings is 1. The number of nitrogens with zero attached hydrogens (tertiary/aromatic N) is 1. The van der Waals surface area contributed by atoms with E-state index in [9.17, 15) is 14.4 Å². The van der Waals surface area contributed by atoms with E-state index >= 15 is 0 Å². The van der Waals surface area contributed by atoms with Crippen molar-refractivity contribution in [2.45, 2.75) is 26.3 Å². The van der Waals surface area contributed by atoms with Crippen LogP contribution in [0.3, 0.4) is 0 Å². The van der Waals surface area contributed by atoms with E-state index in [0.717, 1.165) is 0 Å². The Balaban J connectivity index is 1.74. The highest BCUT2D eigenvalue weighted by atomic mass is 16.4. The van der Waals surface area contributed by atoms with Crippen LogP contribution in [0.5, 0.6) is 0 Å². The SMILES string of the molecule is Cn1c(=O)oc2cc(NC(=O)c3ccc(C(=O)NC(C)(C)C)cc3)ccc21. The summed E-state index contributed by atoms with van der Waals surface area (Å²) in [7, 11) is 1.61. The normalized spacial score (nSPS) is 11.4. The van der Waals surface area contributed by atoms with Crippen LogP contribution in [0.25, 0.3) is 11.1 Å². The molecule has 0 saturated heterocycles. The van der Waals surface area contributed by atoms with Crippen molar-refractivity contribution < 1.29 is 14.0 Å². The first-order valence-electron chi connectivity index (χ1n) is 8.47. The van der Waals surface area contributed by atoms with Crippen LogP contribution in [0, 0.1) is 0 Å². The molecule has 0 saturated carbocycles. The van der Waals surface area contributed by atoms with Crippen LogP contribution in [-0.4, -0.2) is 21.9 Å². The van der Waals surface area contributed by atoms with Crippen molar-refractivity contribution in [1.29, 1.82) is 0 Å². The maximum atomic E-state index is 12.4. The minimum atomic E-state index is -0.461. The molecule has 0 radical (unpaired) electrons. The minimum absolute atomic E-state index is 0.195. The molecule has 0 bridgehead atoms. The maximum absolute atomic E-state index is 12.4. The van der Waals surface area contributed by atoms with Gasteiger partial charge in [0, 0.05) is 35.5 Å². The molecule has 0 spiro atoms. The number of fused-ring (bicyclic) bond motifs is 1. The summed E-state index contributed by atoms with van der Waals surface area (Å²) in [5, 5.41) is 5.63. The zero-order chi connectivity index (χ0) is 19.8. The van der Waals surface area contributed by atoms with E-state index in [1.807, 2.05) is 20.8 Å². The van der Waals surface area contributed by atoms with E-state index in [1.54, 1.807) is 49.5 Å². The second-order valence-corrected chi connectivity index (χ2v) is 7.35. The number of aryl methyl sites for hydroxylation is 1.